The van der Waals surface area contributed by atoms with Crippen LogP contribution in [0.2, 0.25) is 5.02 Å². The van der Waals surface area contributed by atoms with Gasteiger partial charge in [0.15, 0.2) is 6.61 Å². The van der Waals surface area contributed by atoms with Crippen molar-refractivity contribution in [1.29, 1.82) is 0 Å². The maximum absolute atomic E-state index is 13.1. The summed E-state index contributed by atoms with van der Waals surface area (Å²) in [7, 11) is 0. The van der Waals surface area contributed by atoms with E-state index in [4.69, 9.17) is 16.3 Å². The fraction of sp³-hybridized carbons (Fsp3) is 0.417. The molecule has 162 valence electrons. The van der Waals surface area contributed by atoms with Crippen LogP contribution >= 0.6 is 11.6 Å². The molecule has 0 bridgehead atoms. The molecule has 2 rings (SSSR count). The van der Waals surface area contributed by atoms with Gasteiger partial charge in [-0.3, -0.25) is 9.59 Å². The second kappa shape index (κ2) is 12.2. The molecule has 6 heteroatoms. The standard InChI is InChI=1S/C24H31ClN2O3/c1-4-21(24(29)26-16-18(2)3)27(15-14-19-10-6-5-7-11-19)23(28)17-30-22-13-9-8-12-20(22)25/h5-13,18,21H,4,14-17H2,1-3H3,(H,26,29). The van der Waals surface area contributed by atoms with E-state index < -0.39 is 6.04 Å². The van der Waals surface area contributed by atoms with Gasteiger partial charge in [-0.2, -0.15) is 0 Å². The molecule has 2 aromatic rings. The minimum atomic E-state index is -0.546. The van der Waals surface area contributed by atoms with Crippen molar-refractivity contribution in [3.05, 3.63) is 65.2 Å². The predicted molar refractivity (Wildman–Crippen MR) is 121 cm³/mol. The number of rotatable bonds is 11. The number of hydrogen-bond acceptors (Lipinski definition) is 3. The summed E-state index contributed by atoms with van der Waals surface area (Å²) < 4.78 is 5.65. The van der Waals surface area contributed by atoms with Crippen molar-refractivity contribution in [2.75, 3.05) is 19.7 Å². The van der Waals surface area contributed by atoms with Crippen LogP contribution in [0.15, 0.2) is 54.6 Å². The Morgan fingerprint density at radius 1 is 1.07 bits per heavy atom. The van der Waals surface area contributed by atoms with Crippen LogP contribution in [0.4, 0.5) is 0 Å². The number of hydrogen-bond donors (Lipinski definition) is 1. The van der Waals surface area contributed by atoms with Gasteiger partial charge in [0.05, 0.1) is 5.02 Å². The molecule has 0 saturated carbocycles. The number of para-hydroxylation sites is 1. The number of nitrogens with one attached hydrogen (secondary N) is 1. The maximum Gasteiger partial charge on any atom is 0.261 e. The first kappa shape index (κ1) is 23.7. The van der Waals surface area contributed by atoms with Gasteiger partial charge in [-0.05, 0) is 36.5 Å². The summed E-state index contributed by atoms with van der Waals surface area (Å²) in [6, 6.07) is 16.4. The summed E-state index contributed by atoms with van der Waals surface area (Å²) in [5.41, 5.74) is 1.11. The quantitative estimate of drug-likeness (QED) is 0.576. The number of amides is 2. The summed E-state index contributed by atoms with van der Waals surface area (Å²) in [6.45, 7) is 6.83. The zero-order valence-corrected chi connectivity index (χ0v) is 18.7. The van der Waals surface area contributed by atoms with Gasteiger partial charge in [-0.15, -0.1) is 0 Å². The molecule has 1 unspecified atom stereocenters. The van der Waals surface area contributed by atoms with Crippen LogP contribution in [-0.2, 0) is 16.0 Å². The smallest absolute Gasteiger partial charge is 0.261 e. The zero-order chi connectivity index (χ0) is 21.9. The van der Waals surface area contributed by atoms with Crippen molar-refractivity contribution >= 4 is 23.4 Å². The fourth-order valence-electron chi connectivity index (χ4n) is 3.10. The maximum atomic E-state index is 13.1. The molecular formula is C24H31ClN2O3. The van der Waals surface area contributed by atoms with Gasteiger partial charge in [0.1, 0.15) is 11.8 Å². The Hall–Kier alpha value is -2.53. The van der Waals surface area contributed by atoms with E-state index in [0.717, 1.165) is 5.56 Å². The van der Waals surface area contributed by atoms with E-state index in [0.29, 0.717) is 42.6 Å². The van der Waals surface area contributed by atoms with Crippen molar-refractivity contribution < 1.29 is 14.3 Å². The van der Waals surface area contributed by atoms with Gasteiger partial charge < -0.3 is 15.0 Å². The Labute approximate surface area is 184 Å². The number of carbonyl (C=O) groups excluding carboxylic acids is 2. The molecule has 2 amide bonds. The molecule has 0 saturated heterocycles. The van der Waals surface area contributed by atoms with E-state index in [-0.39, 0.29) is 18.4 Å². The topological polar surface area (TPSA) is 58.6 Å². The van der Waals surface area contributed by atoms with Crippen LogP contribution in [-0.4, -0.2) is 42.5 Å². The van der Waals surface area contributed by atoms with Gasteiger partial charge in [-0.25, -0.2) is 0 Å². The zero-order valence-electron chi connectivity index (χ0n) is 17.9. The molecule has 5 nitrogen and oxygen atoms in total. The molecule has 0 spiro atoms. The van der Waals surface area contributed by atoms with E-state index in [1.54, 1.807) is 29.2 Å². The first-order valence-corrected chi connectivity index (χ1v) is 10.8. The Morgan fingerprint density at radius 2 is 1.73 bits per heavy atom. The average Bonchev–Trinajstić information content (AvgIpc) is 2.75. The molecule has 0 heterocycles. The lowest BCUT2D eigenvalue weighted by Gasteiger charge is -2.30. The Kier molecular flexibility index (Phi) is 9.68. The molecule has 0 aromatic heterocycles. The summed E-state index contributed by atoms with van der Waals surface area (Å²) >= 11 is 6.13. The highest BCUT2D eigenvalue weighted by Gasteiger charge is 2.28. The van der Waals surface area contributed by atoms with Gasteiger partial charge in [-0.1, -0.05) is 74.8 Å². The van der Waals surface area contributed by atoms with Gasteiger partial charge in [0, 0.05) is 13.1 Å². The third-order valence-electron chi connectivity index (χ3n) is 4.74. The third-order valence-corrected chi connectivity index (χ3v) is 5.05. The normalized spacial score (nSPS) is 11.8. The highest BCUT2D eigenvalue weighted by molar-refractivity contribution is 6.32. The van der Waals surface area contributed by atoms with Crippen molar-refractivity contribution in [3.63, 3.8) is 0 Å². The van der Waals surface area contributed by atoms with Crippen molar-refractivity contribution in [2.24, 2.45) is 5.92 Å². The van der Waals surface area contributed by atoms with Crippen LogP contribution in [0.3, 0.4) is 0 Å². The number of halogens is 1. The molecule has 0 radical (unpaired) electrons. The fourth-order valence-corrected chi connectivity index (χ4v) is 3.29. The van der Waals surface area contributed by atoms with Gasteiger partial charge in [0.2, 0.25) is 5.91 Å². The lowest BCUT2D eigenvalue weighted by molar-refractivity contribution is -0.142. The summed E-state index contributed by atoms with van der Waals surface area (Å²) in [5.74, 6) is 0.416. The van der Waals surface area contributed by atoms with Gasteiger partial charge >= 0.3 is 0 Å². The SMILES string of the molecule is CCC(C(=O)NCC(C)C)N(CCc1ccccc1)C(=O)COc1ccccc1Cl. The largest absolute Gasteiger partial charge is 0.482 e. The second-order valence-electron chi connectivity index (χ2n) is 7.60. The van der Waals surface area contributed by atoms with Crippen LogP contribution in [0.1, 0.15) is 32.8 Å². The minimum absolute atomic E-state index is 0.134. The van der Waals surface area contributed by atoms with Crippen LogP contribution in [0.25, 0.3) is 0 Å². The molecule has 2 aromatic carbocycles. The lowest BCUT2D eigenvalue weighted by Crippen LogP contribution is -2.51. The molecule has 0 aliphatic heterocycles. The lowest BCUT2D eigenvalue weighted by atomic mass is 10.1. The van der Waals surface area contributed by atoms with E-state index in [1.807, 2.05) is 51.1 Å². The molecule has 0 fully saturated rings. The Bertz CT molecular complexity index is 811. The van der Waals surface area contributed by atoms with E-state index in [9.17, 15) is 9.59 Å². The number of ether oxygens (including phenoxy) is 1. The minimum Gasteiger partial charge on any atom is -0.482 e. The van der Waals surface area contributed by atoms with E-state index in [2.05, 4.69) is 5.32 Å². The predicted octanol–water partition coefficient (Wildman–Crippen LogP) is 4.34. The molecule has 1 atom stereocenters. The van der Waals surface area contributed by atoms with Crippen molar-refractivity contribution in [1.82, 2.24) is 10.2 Å². The number of benzene rings is 2. The highest BCUT2D eigenvalue weighted by atomic mass is 35.5. The van der Waals surface area contributed by atoms with Crippen LogP contribution in [0.5, 0.6) is 5.75 Å². The van der Waals surface area contributed by atoms with Crippen LogP contribution in [0, 0.1) is 5.92 Å². The molecule has 30 heavy (non-hydrogen) atoms. The molecule has 0 aliphatic rings. The van der Waals surface area contributed by atoms with Crippen molar-refractivity contribution in [3.8, 4) is 5.75 Å². The molecule has 0 aliphatic carbocycles. The summed E-state index contributed by atoms with van der Waals surface area (Å²) in [4.78, 5) is 27.5. The number of carbonyl (C=O) groups is 2. The van der Waals surface area contributed by atoms with Gasteiger partial charge in [0.25, 0.3) is 5.91 Å². The highest BCUT2D eigenvalue weighted by Crippen LogP contribution is 2.23. The first-order valence-electron chi connectivity index (χ1n) is 10.4. The van der Waals surface area contributed by atoms with E-state index >= 15 is 0 Å². The first-order chi connectivity index (χ1) is 14.4. The molecule has 1 N–H and O–H groups in total. The summed E-state index contributed by atoms with van der Waals surface area (Å²) in [5, 5.41) is 3.40. The second-order valence-corrected chi connectivity index (χ2v) is 8.01. The Balaban J connectivity index is 2.12. The van der Waals surface area contributed by atoms with Crippen LogP contribution < -0.4 is 10.1 Å². The van der Waals surface area contributed by atoms with Crippen molar-refractivity contribution in [2.45, 2.75) is 39.7 Å². The van der Waals surface area contributed by atoms with E-state index in [1.165, 1.54) is 0 Å². The summed E-state index contributed by atoms with van der Waals surface area (Å²) in [6.07, 6.45) is 1.18. The number of nitrogens with zero attached hydrogens (tertiary/aromatic N) is 1. The average molecular weight is 431 g/mol. The monoisotopic (exact) mass is 430 g/mol. The Morgan fingerprint density at radius 3 is 2.37 bits per heavy atom. The third kappa shape index (κ3) is 7.38. The molecular weight excluding hydrogens is 400 g/mol.